The predicted octanol–water partition coefficient (Wildman–Crippen LogP) is 0.793. The van der Waals surface area contributed by atoms with Crippen molar-refractivity contribution in [2.24, 2.45) is 11.3 Å². The Morgan fingerprint density at radius 1 is 1.19 bits per heavy atom. The second-order valence-corrected chi connectivity index (χ2v) is 7.52. The van der Waals surface area contributed by atoms with Crippen LogP contribution in [0.15, 0.2) is 33.9 Å². The van der Waals surface area contributed by atoms with Gasteiger partial charge in [-0.1, -0.05) is 12.1 Å². The number of para-hydroxylation sites is 1. The number of carbonyl (C=O) groups excluding carboxylic acids is 1. The summed E-state index contributed by atoms with van der Waals surface area (Å²) >= 11 is 0. The Morgan fingerprint density at radius 3 is 2.56 bits per heavy atom. The van der Waals surface area contributed by atoms with E-state index in [1.807, 2.05) is 0 Å². The molecule has 1 aromatic heterocycles. The molecule has 1 saturated heterocycles. The summed E-state index contributed by atoms with van der Waals surface area (Å²) in [4.78, 5) is 51.8. The van der Waals surface area contributed by atoms with Crippen LogP contribution in [0, 0.1) is 11.3 Å². The van der Waals surface area contributed by atoms with E-state index < -0.39 is 17.2 Å². The van der Waals surface area contributed by atoms with Crippen molar-refractivity contribution < 1.29 is 14.7 Å². The van der Waals surface area contributed by atoms with Gasteiger partial charge in [-0.05, 0) is 36.8 Å². The minimum Gasteiger partial charge on any atom is -0.481 e. The number of fused-ring (bicyclic) bond motifs is 1. The van der Waals surface area contributed by atoms with Gasteiger partial charge in [-0.3, -0.25) is 23.9 Å². The number of benzene rings is 1. The minimum absolute atomic E-state index is 0.0560. The molecule has 2 aromatic rings. The quantitative estimate of drug-likeness (QED) is 0.825. The number of aliphatic carboxylic acids is 1. The number of hydrogen-bond acceptors (Lipinski definition) is 4. The van der Waals surface area contributed by atoms with Crippen molar-refractivity contribution in [3.05, 3.63) is 45.1 Å². The van der Waals surface area contributed by atoms with E-state index >= 15 is 0 Å². The number of rotatable bonds is 4. The Labute approximate surface area is 154 Å². The fourth-order valence-corrected chi connectivity index (χ4v) is 4.28. The number of likely N-dealkylation sites (tertiary alicyclic amines) is 1. The summed E-state index contributed by atoms with van der Waals surface area (Å²) < 4.78 is 1.42. The van der Waals surface area contributed by atoms with Gasteiger partial charge in [0.2, 0.25) is 5.91 Å². The van der Waals surface area contributed by atoms with Gasteiger partial charge in [-0.25, -0.2) is 4.79 Å². The summed E-state index contributed by atoms with van der Waals surface area (Å²) in [5.74, 6) is -1.06. The van der Waals surface area contributed by atoms with E-state index in [4.69, 9.17) is 5.11 Å². The molecule has 2 heterocycles. The number of aryl methyl sites for hydroxylation is 1. The molecule has 4 rings (SSSR count). The molecule has 2 fully saturated rings. The summed E-state index contributed by atoms with van der Waals surface area (Å²) in [6, 6.07) is 6.81. The molecule has 1 amide bonds. The van der Waals surface area contributed by atoms with E-state index in [0.717, 1.165) is 12.8 Å². The van der Waals surface area contributed by atoms with Gasteiger partial charge in [0.1, 0.15) is 0 Å². The zero-order valence-electron chi connectivity index (χ0n) is 14.8. The number of carboxylic acids is 1. The van der Waals surface area contributed by atoms with E-state index in [1.165, 1.54) is 4.57 Å². The predicted molar refractivity (Wildman–Crippen MR) is 97.4 cm³/mol. The molecule has 1 aromatic carbocycles. The third-order valence-electron chi connectivity index (χ3n) is 6.05. The molecular weight excluding hydrogens is 350 g/mol. The van der Waals surface area contributed by atoms with Crippen LogP contribution in [0.4, 0.5) is 0 Å². The lowest BCUT2D eigenvalue weighted by Crippen LogP contribution is -2.40. The van der Waals surface area contributed by atoms with Crippen LogP contribution in [0.3, 0.4) is 0 Å². The first-order valence-corrected chi connectivity index (χ1v) is 9.14. The lowest BCUT2D eigenvalue weighted by atomic mass is 9.90. The molecular formula is C19H21N3O5. The highest BCUT2D eigenvalue weighted by Gasteiger charge is 2.59. The maximum Gasteiger partial charge on any atom is 0.328 e. The van der Waals surface area contributed by atoms with Crippen molar-refractivity contribution in [3.63, 3.8) is 0 Å². The summed E-state index contributed by atoms with van der Waals surface area (Å²) in [6.45, 7) is 1.31. The van der Waals surface area contributed by atoms with E-state index in [1.54, 1.807) is 29.2 Å². The Hall–Kier alpha value is -2.90. The second-order valence-electron chi connectivity index (χ2n) is 7.52. The summed E-state index contributed by atoms with van der Waals surface area (Å²) in [6.07, 6.45) is 2.31. The number of hydrogen-bond donors (Lipinski definition) is 2. The Bertz CT molecular complexity index is 1030. The normalized spacial score (nSPS) is 20.7. The van der Waals surface area contributed by atoms with Crippen molar-refractivity contribution in [2.45, 2.75) is 32.2 Å². The third kappa shape index (κ3) is 3.05. The third-order valence-corrected chi connectivity index (χ3v) is 6.05. The van der Waals surface area contributed by atoms with Crippen LogP contribution in [0.1, 0.15) is 25.7 Å². The standard InChI is InChI=1S/C19H21N3O5/c23-15(21-9-6-19(7-10-21)11-13(19)17(25)26)5-8-22-14-4-2-1-3-12(14)16(24)20-18(22)27/h1-4,13H,5-11H2,(H,25,26)(H,20,24,27). The smallest absolute Gasteiger partial charge is 0.328 e. The molecule has 0 bridgehead atoms. The first-order chi connectivity index (χ1) is 12.9. The van der Waals surface area contributed by atoms with Gasteiger partial charge in [0.05, 0.1) is 16.8 Å². The highest BCUT2D eigenvalue weighted by Crippen LogP contribution is 2.59. The van der Waals surface area contributed by atoms with Crippen LogP contribution < -0.4 is 11.2 Å². The van der Waals surface area contributed by atoms with Crippen LogP contribution in [0.5, 0.6) is 0 Å². The number of aromatic nitrogens is 2. The SMILES string of the molecule is O=C(O)C1CC12CCN(C(=O)CCn1c(=O)[nH]c(=O)c3ccccc31)CC2. The van der Waals surface area contributed by atoms with E-state index in [0.29, 0.717) is 30.4 Å². The molecule has 2 N–H and O–H groups in total. The fourth-order valence-electron chi connectivity index (χ4n) is 4.28. The number of carboxylic acid groups (broad SMARTS) is 1. The van der Waals surface area contributed by atoms with Gasteiger partial charge in [0, 0.05) is 26.1 Å². The molecule has 8 nitrogen and oxygen atoms in total. The zero-order valence-corrected chi connectivity index (χ0v) is 14.8. The molecule has 0 radical (unpaired) electrons. The van der Waals surface area contributed by atoms with E-state index in [9.17, 15) is 19.2 Å². The van der Waals surface area contributed by atoms with Crippen LogP contribution in [-0.4, -0.2) is 44.5 Å². The lowest BCUT2D eigenvalue weighted by molar-refractivity contribution is -0.139. The number of nitrogens with one attached hydrogen (secondary N) is 1. The monoisotopic (exact) mass is 371 g/mol. The first-order valence-electron chi connectivity index (χ1n) is 9.14. The van der Waals surface area contributed by atoms with Crippen molar-refractivity contribution in [3.8, 4) is 0 Å². The van der Waals surface area contributed by atoms with Gasteiger partial charge in [-0.15, -0.1) is 0 Å². The highest BCUT2D eigenvalue weighted by atomic mass is 16.4. The van der Waals surface area contributed by atoms with Gasteiger partial charge >= 0.3 is 11.7 Å². The van der Waals surface area contributed by atoms with Crippen molar-refractivity contribution in [1.29, 1.82) is 0 Å². The van der Waals surface area contributed by atoms with Gasteiger partial charge in [0.15, 0.2) is 0 Å². The topological polar surface area (TPSA) is 112 Å². The summed E-state index contributed by atoms with van der Waals surface area (Å²) in [5, 5.41) is 9.56. The minimum atomic E-state index is -0.737. The summed E-state index contributed by atoms with van der Waals surface area (Å²) in [7, 11) is 0. The second kappa shape index (κ2) is 6.37. The van der Waals surface area contributed by atoms with Gasteiger partial charge in [-0.2, -0.15) is 0 Å². The fraction of sp³-hybridized carbons (Fsp3) is 0.474. The van der Waals surface area contributed by atoms with Crippen molar-refractivity contribution in [1.82, 2.24) is 14.5 Å². The van der Waals surface area contributed by atoms with Gasteiger partial charge in [0.25, 0.3) is 5.56 Å². The maximum atomic E-state index is 12.6. The van der Waals surface area contributed by atoms with Crippen LogP contribution in [-0.2, 0) is 16.1 Å². The maximum absolute atomic E-state index is 12.6. The molecule has 142 valence electrons. The first kappa shape index (κ1) is 17.5. The van der Waals surface area contributed by atoms with E-state index in [-0.39, 0.29) is 30.2 Å². The molecule has 1 atom stereocenters. The van der Waals surface area contributed by atoms with Crippen LogP contribution >= 0.6 is 0 Å². The summed E-state index contributed by atoms with van der Waals surface area (Å²) in [5.41, 5.74) is -0.559. The molecule has 27 heavy (non-hydrogen) atoms. The Kier molecular flexibility index (Phi) is 4.13. The average Bonchev–Trinajstić information content (AvgIpc) is 3.36. The highest BCUT2D eigenvalue weighted by molar-refractivity contribution is 5.79. The molecule has 2 aliphatic rings. The average molecular weight is 371 g/mol. The van der Waals surface area contributed by atoms with Gasteiger partial charge < -0.3 is 10.0 Å². The number of piperidine rings is 1. The van der Waals surface area contributed by atoms with Crippen molar-refractivity contribution in [2.75, 3.05) is 13.1 Å². The molecule has 1 aliphatic heterocycles. The number of aromatic amines is 1. The molecule has 1 spiro atoms. The van der Waals surface area contributed by atoms with Crippen molar-refractivity contribution >= 4 is 22.8 Å². The van der Waals surface area contributed by atoms with E-state index in [2.05, 4.69) is 4.98 Å². The Morgan fingerprint density at radius 2 is 1.89 bits per heavy atom. The Balaban J connectivity index is 1.42. The lowest BCUT2D eigenvalue weighted by Gasteiger charge is -2.32. The molecule has 1 unspecified atom stereocenters. The number of H-pyrrole nitrogens is 1. The zero-order chi connectivity index (χ0) is 19.2. The number of amides is 1. The number of nitrogens with zero attached hydrogens (tertiary/aromatic N) is 2. The largest absolute Gasteiger partial charge is 0.481 e. The molecule has 8 heteroatoms. The number of carbonyl (C=O) groups is 2. The van der Waals surface area contributed by atoms with Crippen LogP contribution in [0.25, 0.3) is 10.9 Å². The van der Waals surface area contributed by atoms with Crippen LogP contribution in [0.2, 0.25) is 0 Å². The molecule has 1 saturated carbocycles. The molecule has 1 aliphatic carbocycles.